The number of nitrogens with zero attached hydrogens (tertiary/aromatic N) is 4. The van der Waals surface area contributed by atoms with Crippen LogP contribution in [0.2, 0.25) is 0 Å². The largest absolute Gasteiger partial charge is 0.342 e. The monoisotopic (exact) mass is 340 g/mol. The molecule has 0 unspecified atom stereocenters. The first kappa shape index (κ1) is 16.1. The molecular weight excluding hydrogens is 316 g/mol. The summed E-state index contributed by atoms with van der Waals surface area (Å²) in [6, 6.07) is 7.81. The van der Waals surface area contributed by atoms with Gasteiger partial charge in [-0.3, -0.25) is 9.59 Å². The Morgan fingerprint density at radius 3 is 2.16 bits per heavy atom. The lowest BCUT2D eigenvalue weighted by molar-refractivity contribution is -0.131. The third kappa shape index (κ3) is 3.25. The molecule has 2 aliphatic rings. The molecule has 0 bridgehead atoms. The molecule has 1 aromatic heterocycles. The van der Waals surface area contributed by atoms with Crippen LogP contribution in [0.1, 0.15) is 31.5 Å². The number of fused-ring (bicyclic) bond motifs is 1. The molecule has 2 fully saturated rings. The van der Waals surface area contributed by atoms with Gasteiger partial charge >= 0.3 is 0 Å². The van der Waals surface area contributed by atoms with Gasteiger partial charge in [-0.15, -0.1) is 0 Å². The smallest absolute Gasteiger partial charge is 0.242 e. The van der Waals surface area contributed by atoms with Crippen LogP contribution in [-0.2, 0) is 22.6 Å². The normalized spacial score (nSPS) is 17.6. The van der Waals surface area contributed by atoms with Crippen molar-refractivity contribution in [1.82, 2.24) is 19.4 Å². The Morgan fingerprint density at radius 2 is 1.48 bits per heavy atom. The minimum absolute atomic E-state index is 0.114. The summed E-state index contributed by atoms with van der Waals surface area (Å²) >= 11 is 0. The van der Waals surface area contributed by atoms with Gasteiger partial charge in [-0.05, 0) is 37.8 Å². The van der Waals surface area contributed by atoms with E-state index in [1.165, 1.54) is 0 Å². The van der Waals surface area contributed by atoms with Crippen LogP contribution in [0.15, 0.2) is 24.3 Å². The molecule has 0 radical (unpaired) electrons. The van der Waals surface area contributed by atoms with Crippen LogP contribution in [-0.4, -0.2) is 57.3 Å². The molecule has 6 heteroatoms. The van der Waals surface area contributed by atoms with Crippen molar-refractivity contribution in [3.8, 4) is 0 Å². The van der Waals surface area contributed by atoms with Crippen molar-refractivity contribution in [2.45, 2.75) is 38.6 Å². The number of amides is 2. The van der Waals surface area contributed by atoms with E-state index in [1.54, 1.807) is 0 Å². The van der Waals surface area contributed by atoms with Crippen molar-refractivity contribution in [1.29, 1.82) is 0 Å². The van der Waals surface area contributed by atoms with Crippen LogP contribution in [0.5, 0.6) is 0 Å². The standard InChI is InChI=1S/C19H24N4O2/c24-18(21-9-3-4-10-21)13-17-20-15-7-1-2-8-16(15)23(17)14-19(25)22-11-5-6-12-22/h1-2,7-8H,3-6,9-14H2. The fourth-order valence-electron chi connectivity index (χ4n) is 3.85. The second-order valence-corrected chi connectivity index (χ2v) is 6.96. The van der Waals surface area contributed by atoms with Gasteiger partial charge in [-0.2, -0.15) is 0 Å². The highest BCUT2D eigenvalue weighted by atomic mass is 16.2. The third-order valence-corrected chi connectivity index (χ3v) is 5.25. The van der Waals surface area contributed by atoms with Crippen molar-refractivity contribution in [2.75, 3.05) is 26.2 Å². The maximum absolute atomic E-state index is 12.6. The van der Waals surface area contributed by atoms with Gasteiger partial charge in [-0.1, -0.05) is 12.1 Å². The van der Waals surface area contributed by atoms with Crippen molar-refractivity contribution >= 4 is 22.8 Å². The molecule has 0 saturated carbocycles. The summed E-state index contributed by atoms with van der Waals surface area (Å²) in [6.45, 7) is 3.63. The van der Waals surface area contributed by atoms with E-state index in [4.69, 9.17) is 0 Å². The first-order chi connectivity index (χ1) is 12.2. The molecule has 2 saturated heterocycles. The summed E-state index contributed by atoms with van der Waals surface area (Å²) in [7, 11) is 0. The summed E-state index contributed by atoms with van der Waals surface area (Å²) < 4.78 is 1.93. The van der Waals surface area contributed by atoms with E-state index in [2.05, 4.69) is 4.98 Å². The number of rotatable bonds is 4. The highest BCUT2D eigenvalue weighted by Crippen LogP contribution is 2.19. The predicted molar refractivity (Wildman–Crippen MR) is 95.1 cm³/mol. The number of likely N-dealkylation sites (tertiary alicyclic amines) is 2. The molecule has 2 amide bonds. The van der Waals surface area contributed by atoms with Gasteiger partial charge in [0.2, 0.25) is 11.8 Å². The van der Waals surface area contributed by atoms with Crippen LogP contribution in [0.25, 0.3) is 11.0 Å². The summed E-state index contributed by atoms with van der Waals surface area (Å²) in [4.78, 5) is 33.7. The van der Waals surface area contributed by atoms with Crippen LogP contribution < -0.4 is 0 Å². The molecule has 3 heterocycles. The highest BCUT2D eigenvalue weighted by Gasteiger charge is 2.24. The van der Waals surface area contributed by atoms with E-state index in [0.29, 0.717) is 5.82 Å². The predicted octanol–water partition coefficient (Wildman–Crippen LogP) is 1.82. The molecule has 0 atom stereocenters. The van der Waals surface area contributed by atoms with Gasteiger partial charge < -0.3 is 14.4 Å². The molecular formula is C19H24N4O2. The van der Waals surface area contributed by atoms with Crippen molar-refractivity contribution in [3.63, 3.8) is 0 Å². The van der Waals surface area contributed by atoms with E-state index in [0.717, 1.165) is 62.9 Å². The van der Waals surface area contributed by atoms with Gasteiger partial charge in [0.15, 0.2) is 0 Å². The Bertz CT molecular complexity index is 786. The topological polar surface area (TPSA) is 58.4 Å². The van der Waals surface area contributed by atoms with E-state index >= 15 is 0 Å². The van der Waals surface area contributed by atoms with Crippen molar-refractivity contribution in [2.24, 2.45) is 0 Å². The fourth-order valence-corrected chi connectivity index (χ4v) is 3.85. The number of hydrogen-bond donors (Lipinski definition) is 0. The molecule has 1 aromatic carbocycles. The zero-order valence-electron chi connectivity index (χ0n) is 14.5. The number of carbonyl (C=O) groups excluding carboxylic acids is 2. The zero-order valence-corrected chi connectivity index (χ0v) is 14.5. The molecule has 25 heavy (non-hydrogen) atoms. The van der Waals surface area contributed by atoms with Gasteiger partial charge in [0, 0.05) is 26.2 Å². The number of aromatic nitrogens is 2. The summed E-state index contributed by atoms with van der Waals surface area (Å²) in [5.74, 6) is 0.934. The maximum atomic E-state index is 12.6. The Kier molecular flexibility index (Phi) is 4.42. The second kappa shape index (κ2) is 6.86. The maximum Gasteiger partial charge on any atom is 0.242 e. The van der Waals surface area contributed by atoms with Crippen LogP contribution >= 0.6 is 0 Å². The van der Waals surface area contributed by atoms with E-state index in [9.17, 15) is 9.59 Å². The molecule has 4 rings (SSSR count). The van der Waals surface area contributed by atoms with Crippen LogP contribution in [0, 0.1) is 0 Å². The molecule has 2 aromatic rings. The lowest BCUT2D eigenvalue weighted by atomic mass is 10.3. The van der Waals surface area contributed by atoms with E-state index in [-0.39, 0.29) is 24.8 Å². The number of benzene rings is 1. The van der Waals surface area contributed by atoms with Gasteiger partial charge in [0.1, 0.15) is 12.4 Å². The average Bonchev–Trinajstić information content (AvgIpc) is 3.37. The average molecular weight is 340 g/mol. The fraction of sp³-hybridized carbons (Fsp3) is 0.526. The van der Waals surface area contributed by atoms with Gasteiger partial charge in [-0.25, -0.2) is 4.98 Å². The SMILES string of the molecule is O=C(Cc1nc2ccccc2n1CC(=O)N1CCCC1)N1CCCC1. The first-order valence-corrected chi connectivity index (χ1v) is 9.22. The van der Waals surface area contributed by atoms with Gasteiger partial charge in [0.05, 0.1) is 17.5 Å². The first-order valence-electron chi connectivity index (χ1n) is 9.22. The number of hydrogen-bond acceptors (Lipinski definition) is 3. The number of imidazole rings is 1. The second-order valence-electron chi connectivity index (χ2n) is 6.96. The minimum Gasteiger partial charge on any atom is -0.342 e. The van der Waals surface area contributed by atoms with Crippen LogP contribution in [0.3, 0.4) is 0 Å². The molecule has 0 N–H and O–H groups in total. The summed E-state index contributed by atoms with van der Waals surface area (Å²) in [5.41, 5.74) is 1.78. The molecule has 2 aliphatic heterocycles. The van der Waals surface area contributed by atoms with Gasteiger partial charge in [0.25, 0.3) is 0 Å². The molecule has 0 aliphatic carbocycles. The summed E-state index contributed by atoms with van der Waals surface area (Å²) in [6.07, 6.45) is 4.58. The zero-order chi connectivity index (χ0) is 17.2. The highest BCUT2D eigenvalue weighted by molar-refractivity contribution is 5.84. The number of carbonyl (C=O) groups is 2. The number of para-hydroxylation sites is 2. The molecule has 0 spiro atoms. The Morgan fingerprint density at radius 1 is 0.880 bits per heavy atom. The Labute approximate surface area is 147 Å². The lowest BCUT2D eigenvalue weighted by Crippen LogP contribution is -2.33. The van der Waals surface area contributed by atoms with Crippen LogP contribution in [0.4, 0.5) is 0 Å². The van der Waals surface area contributed by atoms with Crippen molar-refractivity contribution in [3.05, 3.63) is 30.1 Å². The molecule has 132 valence electrons. The summed E-state index contributed by atoms with van der Waals surface area (Å²) in [5, 5.41) is 0. The van der Waals surface area contributed by atoms with Crippen molar-refractivity contribution < 1.29 is 9.59 Å². The lowest BCUT2D eigenvalue weighted by Gasteiger charge is -2.18. The minimum atomic E-state index is 0.114. The Hall–Kier alpha value is -2.37. The van der Waals surface area contributed by atoms with E-state index < -0.39 is 0 Å². The third-order valence-electron chi connectivity index (χ3n) is 5.25. The molecule has 6 nitrogen and oxygen atoms in total. The van der Waals surface area contributed by atoms with E-state index in [1.807, 2.05) is 38.6 Å². The Balaban J connectivity index is 1.60. The quantitative estimate of drug-likeness (QED) is 0.853.